The molecular weight excluding hydrogens is 252 g/mol. The second-order valence-corrected chi connectivity index (χ2v) is 4.40. The van der Waals surface area contributed by atoms with Crippen molar-refractivity contribution in [2.24, 2.45) is 0 Å². The van der Waals surface area contributed by atoms with E-state index in [1.165, 1.54) is 6.07 Å². The van der Waals surface area contributed by atoms with E-state index in [-0.39, 0.29) is 24.5 Å². The predicted molar refractivity (Wildman–Crippen MR) is 68.6 cm³/mol. The van der Waals surface area contributed by atoms with Gasteiger partial charge in [-0.2, -0.15) is 0 Å². The minimum Gasteiger partial charge on any atom is -0.396 e. The fourth-order valence-corrected chi connectivity index (χ4v) is 1.72. The zero-order valence-corrected chi connectivity index (χ0v) is 10.8. The van der Waals surface area contributed by atoms with Gasteiger partial charge < -0.3 is 10.4 Å². The van der Waals surface area contributed by atoms with E-state index in [0.717, 1.165) is 37.8 Å². The highest BCUT2D eigenvalue weighted by Gasteiger charge is 2.08. The zero-order chi connectivity index (χ0) is 14.1. The second-order valence-electron chi connectivity index (χ2n) is 4.40. The number of unbranched alkanes of at least 4 members (excludes halogenated alkanes) is 3. The van der Waals surface area contributed by atoms with E-state index < -0.39 is 11.6 Å². The summed E-state index contributed by atoms with van der Waals surface area (Å²) in [4.78, 5) is 11.5. The lowest BCUT2D eigenvalue weighted by atomic mass is 10.1. The van der Waals surface area contributed by atoms with E-state index in [4.69, 9.17) is 5.11 Å². The molecule has 0 radical (unpaired) electrons. The predicted octanol–water partition coefficient (Wildman–Crippen LogP) is 2.18. The number of hydrogen-bond donors (Lipinski definition) is 2. The minimum absolute atomic E-state index is 0.0806. The van der Waals surface area contributed by atoms with Crippen LogP contribution in [0.2, 0.25) is 0 Å². The van der Waals surface area contributed by atoms with Crippen LogP contribution in [-0.4, -0.2) is 24.2 Å². The van der Waals surface area contributed by atoms with Crippen LogP contribution in [-0.2, 0) is 11.2 Å². The van der Waals surface area contributed by atoms with Crippen LogP contribution in [0.15, 0.2) is 18.2 Å². The molecule has 0 saturated carbocycles. The number of benzene rings is 1. The summed E-state index contributed by atoms with van der Waals surface area (Å²) in [5, 5.41) is 11.3. The van der Waals surface area contributed by atoms with Gasteiger partial charge in [-0.25, -0.2) is 8.78 Å². The summed E-state index contributed by atoms with van der Waals surface area (Å²) in [6, 6.07) is 3.20. The number of aliphatic hydroxyl groups is 1. The van der Waals surface area contributed by atoms with Gasteiger partial charge in [0.05, 0.1) is 6.42 Å². The van der Waals surface area contributed by atoms with Crippen LogP contribution in [0.25, 0.3) is 0 Å². The van der Waals surface area contributed by atoms with Crippen LogP contribution < -0.4 is 5.32 Å². The molecule has 0 aliphatic carbocycles. The third-order valence-corrected chi connectivity index (χ3v) is 2.77. The van der Waals surface area contributed by atoms with Crippen LogP contribution in [0.1, 0.15) is 31.2 Å². The first-order chi connectivity index (χ1) is 9.13. The van der Waals surface area contributed by atoms with Gasteiger partial charge in [0.15, 0.2) is 0 Å². The third-order valence-electron chi connectivity index (χ3n) is 2.77. The lowest BCUT2D eigenvalue weighted by Crippen LogP contribution is -2.26. The molecular formula is C14H19F2NO2. The molecule has 1 amide bonds. The molecule has 0 aromatic heterocycles. The van der Waals surface area contributed by atoms with Gasteiger partial charge in [0.1, 0.15) is 11.6 Å². The number of hydrogen-bond acceptors (Lipinski definition) is 2. The first-order valence-corrected chi connectivity index (χ1v) is 6.45. The van der Waals surface area contributed by atoms with Crippen molar-refractivity contribution in [3.8, 4) is 0 Å². The van der Waals surface area contributed by atoms with Crippen LogP contribution in [0.5, 0.6) is 0 Å². The van der Waals surface area contributed by atoms with E-state index in [0.29, 0.717) is 6.54 Å². The summed E-state index contributed by atoms with van der Waals surface area (Å²) in [7, 11) is 0. The highest BCUT2D eigenvalue weighted by molar-refractivity contribution is 5.78. The van der Waals surface area contributed by atoms with Crippen molar-refractivity contribution in [1.82, 2.24) is 5.32 Å². The summed E-state index contributed by atoms with van der Waals surface area (Å²) >= 11 is 0. The summed E-state index contributed by atoms with van der Waals surface area (Å²) in [5.74, 6) is -1.61. The molecule has 2 N–H and O–H groups in total. The van der Waals surface area contributed by atoms with Gasteiger partial charge in [0.25, 0.3) is 0 Å². The molecule has 0 atom stereocenters. The Morgan fingerprint density at radius 1 is 1.16 bits per heavy atom. The molecule has 0 unspecified atom stereocenters. The van der Waals surface area contributed by atoms with Gasteiger partial charge in [-0.05, 0) is 24.5 Å². The highest BCUT2D eigenvalue weighted by Crippen LogP contribution is 2.10. The van der Waals surface area contributed by atoms with Crippen molar-refractivity contribution in [2.75, 3.05) is 13.2 Å². The molecule has 5 heteroatoms. The fourth-order valence-electron chi connectivity index (χ4n) is 1.72. The molecule has 0 aliphatic heterocycles. The largest absolute Gasteiger partial charge is 0.396 e. The van der Waals surface area contributed by atoms with Crippen molar-refractivity contribution in [3.05, 3.63) is 35.4 Å². The second kappa shape index (κ2) is 8.58. The molecule has 1 aromatic carbocycles. The van der Waals surface area contributed by atoms with Crippen LogP contribution in [0.4, 0.5) is 8.78 Å². The summed E-state index contributed by atoms with van der Waals surface area (Å²) in [6.45, 7) is 0.725. The minimum atomic E-state index is -0.696. The molecule has 1 aromatic rings. The van der Waals surface area contributed by atoms with Gasteiger partial charge in [0.2, 0.25) is 5.91 Å². The molecule has 0 aliphatic rings. The molecule has 106 valence electrons. The number of carbonyl (C=O) groups excluding carboxylic acids is 1. The highest BCUT2D eigenvalue weighted by atomic mass is 19.1. The Morgan fingerprint density at radius 3 is 2.58 bits per heavy atom. The van der Waals surface area contributed by atoms with Crippen LogP contribution >= 0.6 is 0 Å². The Hall–Kier alpha value is -1.49. The number of nitrogens with one attached hydrogen (secondary N) is 1. The first-order valence-electron chi connectivity index (χ1n) is 6.45. The Morgan fingerprint density at radius 2 is 1.89 bits per heavy atom. The van der Waals surface area contributed by atoms with Gasteiger partial charge in [-0.15, -0.1) is 0 Å². The van der Waals surface area contributed by atoms with Crippen molar-refractivity contribution in [3.63, 3.8) is 0 Å². The Kier molecular flexibility index (Phi) is 7.03. The average Bonchev–Trinajstić information content (AvgIpc) is 2.37. The lowest BCUT2D eigenvalue weighted by molar-refractivity contribution is -0.120. The molecule has 0 fully saturated rings. The van der Waals surface area contributed by atoms with E-state index in [9.17, 15) is 13.6 Å². The van der Waals surface area contributed by atoms with Gasteiger partial charge in [0, 0.05) is 19.2 Å². The standard InChI is InChI=1S/C14H19F2NO2/c15-12-6-5-11(13(16)10-12)9-14(19)17-7-3-1-2-4-8-18/h5-6,10,18H,1-4,7-9H2,(H,17,19). The Labute approximate surface area is 111 Å². The fraction of sp³-hybridized carbons (Fsp3) is 0.500. The van der Waals surface area contributed by atoms with E-state index in [1.54, 1.807) is 0 Å². The van der Waals surface area contributed by atoms with E-state index in [1.807, 2.05) is 0 Å². The maximum absolute atomic E-state index is 13.3. The third kappa shape index (κ3) is 6.29. The normalized spacial score (nSPS) is 10.5. The number of rotatable bonds is 8. The topological polar surface area (TPSA) is 49.3 Å². The monoisotopic (exact) mass is 271 g/mol. The molecule has 3 nitrogen and oxygen atoms in total. The Balaban J connectivity index is 2.23. The quantitative estimate of drug-likeness (QED) is 0.712. The maximum atomic E-state index is 13.3. The molecule has 0 spiro atoms. The van der Waals surface area contributed by atoms with E-state index >= 15 is 0 Å². The SMILES string of the molecule is O=C(Cc1ccc(F)cc1F)NCCCCCCO. The number of halogens is 2. The average molecular weight is 271 g/mol. The number of carbonyl (C=O) groups is 1. The molecule has 0 bridgehead atoms. The number of amides is 1. The Bertz CT molecular complexity index is 410. The van der Waals surface area contributed by atoms with E-state index in [2.05, 4.69) is 5.32 Å². The van der Waals surface area contributed by atoms with Gasteiger partial charge >= 0.3 is 0 Å². The molecule has 19 heavy (non-hydrogen) atoms. The van der Waals surface area contributed by atoms with Gasteiger partial charge in [-0.1, -0.05) is 18.9 Å². The molecule has 0 heterocycles. The van der Waals surface area contributed by atoms with Crippen molar-refractivity contribution in [2.45, 2.75) is 32.1 Å². The van der Waals surface area contributed by atoms with Crippen LogP contribution in [0, 0.1) is 11.6 Å². The summed E-state index contributed by atoms with van der Waals surface area (Å²) in [6.07, 6.45) is 3.39. The molecule has 1 rings (SSSR count). The van der Waals surface area contributed by atoms with Crippen molar-refractivity contribution < 1.29 is 18.7 Å². The summed E-state index contributed by atoms with van der Waals surface area (Å²) < 4.78 is 26.0. The maximum Gasteiger partial charge on any atom is 0.224 e. The lowest BCUT2D eigenvalue weighted by Gasteiger charge is -2.06. The zero-order valence-electron chi connectivity index (χ0n) is 10.8. The van der Waals surface area contributed by atoms with Crippen molar-refractivity contribution in [1.29, 1.82) is 0 Å². The number of aliphatic hydroxyl groups excluding tert-OH is 1. The van der Waals surface area contributed by atoms with Gasteiger partial charge in [-0.3, -0.25) is 4.79 Å². The summed E-state index contributed by atoms with van der Waals surface area (Å²) in [5.41, 5.74) is 0.194. The molecule has 0 saturated heterocycles. The first kappa shape index (κ1) is 15.6. The van der Waals surface area contributed by atoms with Crippen LogP contribution in [0.3, 0.4) is 0 Å². The smallest absolute Gasteiger partial charge is 0.224 e. The van der Waals surface area contributed by atoms with Crippen molar-refractivity contribution >= 4 is 5.91 Å².